The average Bonchev–Trinajstić information content (AvgIpc) is 3.09. The van der Waals surface area contributed by atoms with Gasteiger partial charge in [-0.1, -0.05) is 5.16 Å². The molecule has 0 aliphatic heterocycles. The molecule has 8 nitrogen and oxygen atoms in total. The lowest BCUT2D eigenvalue weighted by atomic mass is 10.4. The Hall–Kier alpha value is -2.48. The van der Waals surface area contributed by atoms with Crippen molar-refractivity contribution in [2.24, 2.45) is 5.73 Å². The molecule has 0 fully saturated rings. The van der Waals surface area contributed by atoms with E-state index in [1.165, 1.54) is 6.20 Å². The number of aromatic nitrogens is 5. The monoisotopic (exact) mass is 232 g/mol. The van der Waals surface area contributed by atoms with Crippen molar-refractivity contribution in [3.63, 3.8) is 0 Å². The zero-order valence-electron chi connectivity index (χ0n) is 8.62. The number of nitrogens with two attached hydrogens (primary N) is 1. The Balaban J connectivity index is 1.94. The molecular weight excluding hydrogens is 224 g/mol. The van der Waals surface area contributed by atoms with E-state index in [4.69, 9.17) is 14.7 Å². The van der Waals surface area contributed by atoms with Gasteiger partial charge in [-0.05, 0) is 12.1 Å². The first kappa shape index (κ1) is 9.73. The number of hydrogen-bond donors (Lipinski definition) is 2. The Labute approximate surface area is 94.8 Å². The number of aromatic amines is 1. The maximum Gasteiger partial charge on any atom is 0.293 e. The van der Waals surface area contributed by atoms with Gasteiger partial charge in [-0.2, -0.15) is 20.4 Å². The predicted molar refractivity (Wildman–Crippen MR) is 55.3 cm³/mol. The molecule has 3 aromatic heterocycles. The molecule has 3 N–H and O–H groups in total. The van der Waals surface area contributed by atoms with Crippen molar-refractivity contribution >= 4 is 0 Å². The molecular formula is C9H8N6O2. The van der Waals surface area contributed by atoms with Gasteiger partial charge >= 0.3 is 0 Å². The highest BCUT2D eigenvalue weighted by molar-refractivity contribution is 5.51. The molecule has 0 bridgehead atoms. The molecule has 17 heavy (non-hydrogen) atoms. The van der Waals surface area contributed by atoms with E-state index in [0.29, 0.717) is 29.6 Å². The Morgan fingerprint density at radius 2 is 2.29 bits per heavy atom. The van der Waals surface area contributed by atoms with E-state index in [2.05, 4.69) is 25.6 Å². The van der Waals surface area contributed by atoms with Crippen molar-refractivity contribution in [3.8, 4) is 23.2 Å². The lowest BCUT2D eigenvalue weighted by molar-refractivity contribution is 0.412. The zero-order valence-corrected chi connectivity index (χ0v) is 8.62. The number of furan rings is 1. The second-order valence-corrected chi connectivity index (χ2v) is 3.25. The van der Waals surface area contributed by atoms with Gasteiger partial charge < -0.3 is 14.7 Å². The van der Waals surface area contributed by atoms with Crippen LogP contribution in [0, 0.1) is 0 Å². The molecule has 8 heteroatoms. The van der Waals surface area contributed by atoms with Gasteiger partial charge in [0.25, 0.3) is 5.89 Å². The highest BCUT2D eigenvalue weighted by Gasteiger charge is 2.15. The van der Waals surface area contributed by atoms with Crippen molar-refractivity contribution in [1.82, 2.24) is 25.6 Å². The third kappa shape index (κ3) is 1.70. The lowest BCUT2D eigenvalue weighted by Crippen LogP contribution is -1.92. The summed E-state index contributed by atoms with van der Waals surface area (Å²) in [6, 6.07) is 3.48. The minimum absolute atomic E-state index is 0.280. The molecule has 0 radical (unpaired) electrons. The number of H-pyrrole nitrogens is 1. The van der Waals surface area contributed by atoms with Gasteiger partial charge in [0.15, 0.2) is 11.5 Å². The standard InChI is InChI=1S/C9H8N6O2/c10-3-5-1-2-7(16-5)9-12-8(14-17-9)6-4-11-15-13-6/h1-2,4H,3,10H2,(H,11,13,15). The smallest absolute Gasteiger partial charge is 0.293 e. The van der Waals surface area contributed by atoms with Crippen LogP contribution in [0.25, 0.3) is 23.2 Å². The van der Waals surface area contributed by atoms with E-state index in [0.717, 1.165) is 0 Å². The Morgan fingerprint density at radius 1 is 1.35 bits per heavy atom. The molecule has 86 valence electrons. The molecule has 0 aliphatic carbocycles. The zero-order chi connectivity index (χ0) is 11.7. The topological polar surface area (TPSA) is 120 Å². The fourth-order valence-electron chi connectivity index (χ4n) is 1.34. The van der Waals surface area contributed by atoms with Crippen LogP contribution in [-0.2, 0) is 6.54 Å². The molecule has 0 unspecified atom stereocenters. The number of nitrogens with zero attached hydrogens (tertiary/aromatic N) is 4. The van der Waals surface area contributed by atoms with E-state index in [1.807, 2.05) is 0 Å². The van der Waals surface area contributed by atoms with Crippen LogP contribution >= 0.6 is 0 Å². The summed E-state index contributed by atoms with van der Waals surface area (Å²) in [5.41, 5.74) is 5.95. The van der Waals surface area contributed by atoms with Crippen LogP contribution in [0.4, 0.5) is 0 Å². The maximum absolute atomic E-state index is 5.44. The number of hydrogen-bond acceptors (Lipinski definition) is 7. The van der Waals surface area contributed by atoms with Crippen molar-refractivity contribution < 1.29 is 8.94 Å². The summed E-state index contributed by atoms with van der Waals surface area (Å²) >= 11 is 0. The van der Waals surface area contributed by atoms with Crippen LogP contribution in [0.1, 0.15) is 5.76 Å². The van der Waals surface area contributed by atoms with Gasteiger partial charge in [-0.15, -0.1) is 0 Å². The average molecular weight is 232 g/mol. The molecule has 0 atom stereocenters. The summed E-state index contributed by atoms with van der Waals surface area (Å²) in [7, 11) is 0. The molecule has 3 heterocycles. The molecule has 0 saturated carbocycles. The predicted octanol–water partition coefficient (Wildman–Crippen LogP) is 0.573. The Morgan fingerprint density at radius 3 is 3.00 bits per heavy atom. The van der Waals surface area contributed by atoms with Crippen LogP contribution < -0.4 is 5.73 Å². The van der Waals surface area contributed by atoms with Crippen LogP contribution in [-0.4, -0.2) is 25.6 Å². The quantitative estimate of drug-likeness (QED) is 0.677. The van der Waals surface area contributed by atoms with E-state index in [-0.39, 0.29) is 5.89 Å². The Kier molecular flexibility index (Phi) is 2.19. The van der Waals surface area contributed by atoms with Gasteiger partial charge in [0, 0.05) is 0 Å². The molecule has 3 rings (SSSR count). The first-order valence-electron chi connectivity index (χ1n) is 4.86. The Bertz CT molecular complexity index is 611. The summed E-state index contributed by atoms with van der Waals surface area (Å²) in [6.45, 7) is 0.324. The van der Waals surface area contributed by atoms with Crippen LogP contribution in [0.3, 0.4) is 0 Å². The summed E-state index contributed by atoms with van der Waals surface area (Å²) in [5, 5.41) is 13.7. The normalized spacial score (nSPS) is 10.9. The molecule has 3 aromatic rings. The minimum Gasteiger partial charge on any atom is -0.455 e. The summed E-state index contributed by atoms with van der Waals surface area (Å²) in [4.78, 5) is 4.14. The molecule has 0 spiro atoms. The van der Waals surface area contributed by atoms with Crippen LogP contribution in [0.2, 0.25) is 0 Å². The third-order valence-corrected chi connectivity index (χ3v) is 2.14. The van der Waals surface area contributed by atoms with E-state index in [9.17, 15) is 0 Å². The SMILES string of the molecule is NCc1ccc(-c2nc(-c3cn[nH]n3)no2)o1. The van der Waals surface area contributed by atoms with E-state index < -0.39 is 0 Å². The van der Waals surface area contributed by atoms with Crippen LogP contribution in [0.5, 0.6) is 0 Å². The fraction of sp³-hybridized carbons (Fsp3) is 0.111. The van der Waals surface area contributed by atoms with Crippen molar-refractivity contribution in [1.29, 1.82) is 0 Å². The van der Waals surface area contributed by atoms with E-state index in [1.54, 1.807) is 12.1 Å². The highest BCUT2D eigenvalue weighted by atomic mass is 16.5. The van der Waals surface area contributed by atoms with Gasteiger partial charge in [0.2, 0.25) is 5.82 Å². The second kappa shape index (κ2) is 3.83. The number of nitrogens with one attached hydrogen (secondary N) is 1. The largest absolute Gasteiger partial charge is 0.455 e. The lowest BCUT2D eigenvalue weighted by Gasteiger charge is -1.87. The van der Waals surface area contributed by atoms with E-state index >= 15 is 0 Å². The summed E-state index contributed by atoms with van der Waals surface area (Å²) in [5.74, 6) is 1.76. The van der Waals surface area contributed by atoms with Gasteiger partial charge in [-0.25, -0.2) is 0 Å². The first-order valence-corrected chi connectivity index (χ1v) is 4.86. The summed E-state index contributed by atoms with van der Waals surface area (Å²) < 4.78 is 10.4. The van der Waals surface area contributed by atoms with Crippen molar-refractivity contribution in [2.45, 2.75) is 6.54 Å². The molecule has 0 saturated heterocycles. The van der Waals surface area contributed by atoms with Gasteiger partial charge in [0.1, 0.15) is 5.76 Å². The van der Waals surface area contributed by atoms with Gasteiger partial charge in [-0.3, -0.25) is 0 Å². The molecule has 0 aromatic carbocycles. The molecule has 0 aliphatic rings. The van der Waals surface area contributed by atoms with Crippen molar-refractivity contribution in [3.05, 3.63) is 24.1 Å². The minimum atomic E-state index is 0.280. The highest BCUT2D eigenvalue weighted by Crippen LogP contribution is 2.22. The first-order chi connectivity index (χ1) is 8.36. The van der Waals surface area contributed by atoms with Gasteiger partial charge in [0.05, 0.1) is 12.7 Å². The van der Waals surface area contributed by atoms with Crippen LogP contribution in [0.15, 0.2) is 27.3 Å². The maximum atomic E-state index is 5.44. The third-order valence-electron chi connectivity index (χ3n) is 2.14. The summed E-state index contributed by atoms with van der Waals surface area (Å²) in [6.07, 6.45) is 1.50. The second-order valence-electron chi connectivity index (χ2n) is 3.25. The van der Waals surface area contributed by atoms with Crippen molar-refractivity contribution in [2.75, 3.05) is 0 Å². The fourth-order valence-corrected chi connectivity index (χ4v) is 1.34. The molecule has 0 amide bonds. The number of rotatable bonds is 3.